The van der Waals surface area contributed by atoms with Gasteiger partial charge in [-0.05, 0) is 57.6 Å². The summed E-state index contributed by atoms with van der Waals surface area (Å²) in [6.45, 7) is 3.22. The van der Waals surface area contributed by atoms with Crippen LogP contribution >= 0.6 is 15.9 Å². The van der Waals surface area contributed by atoms with Crippen LogP contribution in [0.25, 0.3) is 0 Å². The van der Waals surface area contributed by atoms with E-state index in [4.69, 9.17) is 0 Å². The first-order valence-electron chi connectivity index (χ1n) is 8.04. The van der Waals surface area contributed by atoms with E-state index in [2.05, 4.69) is 44.8 Å². The number of benzene rings is 1. The molecule has 2 rings (SSSR count). The molecule has 8 heteroatoms. The maximum Gasteiger partial charge on any atom is 0.240 e. The van der Waals surface area contributed by atoms with Gasteiger partial charge in [-0.1, -0.05) is 15.9 Å². The van der Waals surface area contributed by atoms with E-state index in [-0.39, 0.29) is 29.8 Å². The summed E-state index contributed by atoms with van der Waals surface area (Å²) in [5.74, 6) is -0.124. The van der Waals surface area contributed by atoms with Crippen LogP contribution in [-0.4, -0.2) is 51.4 Å². The lowest BCUT2D eigenvalue weighted by Crippen LogP contribution is -2.52. The van der Waals surface area contributed by atoms with Gasteiger partial charge in [-0.15, -0.1) is 0 Å². The first-order valence-corrected chi connectivity index (χ1v) is 10.3. The number of carbonyl (C=O) groups excluding carboxylic acids is 1. The number of nitrogens with one attached hydrogen (secondary N) is 2. The van der Waals surface area contributed by atoms with E-state index in [0.717, 1.165) is 23.9 Å². The van der Waals surface area contributed by atoms with Crippen molar-refractivity contribution >= 4 is 31.9 Å². The van der Waals surface area contributed by atoms with Crippen molar-refractivity contribution in [2.24, 2.45) is 0 Å². The van der Waals surface area contributed by atoms with Gasteiger partial charge in [-0.25, -0.2) is 13.1 Å². The highest BCUT2D eigenvalue weighted by Crippen LogP contribution is 2.16. The summed E-state index contributed by atoms with van der Waals surface area (Å²) in [6, 6.07) is 6.80. The van der Waals surface area contributed by atoms with Crippen LogP contribution < -0.4 is 10.0 Å². The van der Waals surface area contributed by atoms with Gasteiger partial charge in [0, 0.05) is 29.5 Å². The number of likely N-dealkylation sites (N-methyl/N-ethyl adjacent to an activating group) is 1. The standard InChI is InChI=1S/C16H24BrN3O3S/c1-12-15(4-3-11-20(12)2)19-16(21)9-10-18-24(22,23)14-7-5-13(17)6-8-14/h5-8,12,15,18H,3-4,9-11H2,1-2H3,(H,19,21)/t12-,15-/m1/s1. The summed E-state index contributed by atoms with van der Waals surface area (Å²) in [5.41, 5.74) is 0. The van der Waals surface area contributed by atoms with E-state index in [1.165, 1.54) is 12.1 Å². The molecule has 6 nitrogen and oxygen atoms in total. The number of piperidine rings is 1. The number of halogens is 1. The number of likely N-dealkylation sites (tertiary alicyclic amines) is 1. The Morgan fingerprint density at radius 2 is 2.00 bits per heavy atom. The van der Waals surface area contributed by atoms with E-state index in [9.17, 15) is 13.2 Å². The van der Waals surface area contributed by atoms with Crippen LogP contribution in [0.1, 0.15) is 26.2 Å². The van der Waals surface area contributed by atoms with Crippen LogP contribution in [0.5, 0.6) is 0 Å². The number of sulfonamides is 1. The van der Waals surface area contributed by atoms with Gasteiger partial charge in [0.15, 0.2) is 0 Å². The first kappa shape index (κ1) is 19.4. The number of rotatable bonds is 6. The van der Waals surface area contributed by atoms with Gasteiger partial charge in [0.05, 0.1) is 4.90 Å². The zero-order valence-electron chi connectivity index (χ0n) is 14.0. The molecular formula is C16H24BrN3O3S. The van der Waals surface area contributed by atoms with Crippen molar-refractivity contribution in [1.82, 2.24) is 14.9 Å². The smallest absolute Gasteiger partial charge is 0.240 e. The largest absolute Gasteiger partial charge is 0.352 e. The third-order valence-electron chi connectivity index (χ3n) is 4.42. The van der Waals surface area contributed by atoms with Gasteiger partial charge >= 0.3 is 0 Å². The lowest BCUT2D eigenvalue weighted by atomic mass is 9.98. The monoisotopic (exact) mass is 417 g/mol. The van der Waals surface area contributed by atoms with Gasteiger partial charge in [0.1, 0.15) is 0 Å². The molecule has 2 N–H and O–H groups in total. The van der Waals surface area contributed by atoms with Crippen LogP contribution in [-0.2, 0) is 14.8 Å². The predicted molar refractivity (Wildman–Crippen MR) is 97.2 cm³/mol. The third kappa shape index (κ3) is 5.27. The normalized spacial score (nSPS) is 22.3. The van der Waals surface area contributed by atoms with E-state index >= 15 is 0 Å². The Morgan fingerprint density at radius 1 is 1.33 bits per heavy atom. The van der Waals surface area contributed by atoms with Gasteiger partial charge in [-0.2, -0.15) is 0 Å². The van der Waals surface area contributed by atoms with Crippen molar-refractivity contribution in [3.05, 3.63) is 28.7 Å². The number of carbonyl (C=O) groups is 1. The van der Waals surface area contributed by atoms with Crippen molar-refractivity contribution in [3.8, 4) is 0 Å². The molecule has 0 unspecified atom stereocenters. The molecule has 0 radical (unpaired) electrons. The van der Waals surface area contributed by atoms with Crippen LogP contribution in [0.4, 0.5) is 0 Å². The van der Waals surface area contributed by atoms with Crippen molar-refractivity contribution in [3.63, 3.8) is 0 Å². The van der Waals surface area contributed by atoms with Crippen LogP contribution in [0.2, 0.25) is 0 Å². The maximum atomic E-state index is 12.1. The van der Waals surface area contributed by atoms with Crippen LogP contribution in [0.3, 0.4) is 0 Å². The molecule has 2 atom stereocenters. The average molecular weight is 418 g/mol. The molecule has 1 aromatic rings. The number of hydrogen-bond acceptors (Lipinski definition) is 4. The highest BCUT2D eigenvalue weighted by atomic mass is 79.9. The summed E-state index contributed by atoms with van der Waals surface area (Å²) in [7, 11) is -1.53. The average Bonchev–Trinajstić information content (AvgIpc) is 2.52. The second-order valence-corrected chi connectivity index (χ2v) is 8.82. The van der Waals surface area contributed by atoms with E-state index in [1.54, 1.807) is 12.1 Å². The van der Waals surface area contributed by atoms with Crippen molar-refractivity contribution in [2.75, 3.05) is 20.1 Å². The molecule has 1 aliphatic heterocycles. The Kier molecular flexibility index (Phi) is 6.79. The molecule has 0 saturated carbocycles. The highest BCUT2D eigenvalue weighted by Gasteiger charge is 2.26. The molecule has 1 fully saturated rings. The molecule has 1 aliphatic rings. The van der Waals surface area contributed by atoms with Crippen LogP contribution in [0, 0.1) is 0 Å². The summed E-state index contributed by atoms with van der Waals surface area (Å²) in [6.07, 6.45) is 2.15. The molecule has 0 aromatic heterocycles. The SMILES string of the molecule is C[C@@H]1[C@H](NC(=O)CCNS(=O)(=O)c2ccc(Br)cc2)CCCN1C. The van der Waals surface area contributed by atoms with Gasteiger partial charge in [0.2, 0.25) is 15.9 Å². The zero-order valence-corrected chi connectivity index (χ0v) is 16.4. The van der Waals surface area contributed by atoms with Crippen molar-refractivity contribution < 1.29 is 13.2 Å². The van der Waals surface area contributed by atoms with Crippen LogP contribution in [0.15, 0.2) is 33.6 Å². The molecule has 0 bridgehead atoms. The van der Waals surface area contributed by atoms with Gasteiger partial charge < -0.3 is 10.2 Å². The first-order chi connectivity index (χ1) is 11.3. The molecule has 1 aromatic carbocycles. The Labute approximate surface area is 152 Å². The summed E-state index contributed by atoms with van der Waals surface area (Å²) < 4.78 is 27.6. The maximum absolute atomic E-state index is 12.1. The number of amides is 1. The zero-order chi connectivity index (χ0) is 17.7. The fraction of sp³-hybridized carbons (Fsp3) is 0.562. The topological polar surface area (TPSA) is 78.5 Å². The predicted octanol–water partition coefficient (Wildman–Crippen LogP) is 1.72. The Bertz CT molecular complexity index is 664. The van der Waals surface area contributed by atoms with Crippen molar-refractivity contribution in [1.29, 1.82) is 0 Å². The minimum absolute atomic E-state index is 0.0845. The molecule has 0 aliphatic carbocycles. The summed E-state index contributed by atoms with van der Waals surface area (Å²) in [5, 5.41) is 3.01. The quantitative estimate of drug-likeness (QED) is 0.738. The Hall–Kier alpha value is -0.960. The highest BCUT2D eigenvalue weighted by molar-refractivity contribution is 9.10. The van der Waals surface area contributed by atoms with Gasteiger partial charge in [-0.3, -0.25) is 4.79 Å². The molecule has 24 heavy (non-hydrogen) atoms. The molecule has 1 saturated heterocycles. The Morgan fingerprint density at radius 3 is 2.67 bits per heavy atom. The number of hydrogen-bond donors (Lipinski definition) is 2. The van der Waals surface area contributed by atoms with Gasteiger partial charge in [0.25, 0.3) is 0 Å². The molecule has 1 heterocycles. The summed E-state index contributed by atoms with van der Waals surface area (Å²) in [4.78, 5) is 14.5. The molecule has 0 spiro atoms. The molecule has 134 valence electrons. The second-order valence-electron chi connectivity index (χ2n) is 6.14. The minimum Gasteiger partial charge on any atom is -0.352 e. The van der Waals surface area contributed by atoms with E-state index in [1.807, 2.05) is 0 Å². The summed E-state index contributed by atoms with van der Waals surface area (Å²) >= 11 is 3.27. The lowest BCUT2D eigenvalue weighted by molar-refractivity contribution is -0.122. The third-order valence-corrected chi connectivity index (χ3v) is 6.42. The lowest BCUT2D eigenvalue weighted by Gasteiger charge is -2.37. The fourth-order valence-corrected chi connectivity index (χ4v) is 4.08. The Balaban J connectivity index is 1.80. The number of nitrogens with zero attached hydrogens (tertiary/aromatic N) is 1. The molecule has 1 amide bonds. The van der Waals surface area contributed by atoms with E-state index < -0.39 is 10.0 Å². The van der Waals surface area contributed by atoms with E-state index in [0.29, 0.717) is 6.04 Å². The van der Waals surface area contributed by atoms with Crippen molar-refractivity contribution in [2.45, 2.75) is 43.2 Å². The molecular weight excluding hydrogens is 394 g/mol. The second kappa shape index (κ2) is 8.42. The fourth-order valence-electron chi connectivity index (χ4n) is 2.78. The minimum atomic E-state index is -3.58.